The fourth-order valence-corrected chi connectivity index (χ4v) is 4.76. The Bertz CT molecular complexity index is 1090. The molecule has 0 bridgehead atoms. The van der Waals surface area contributed by atoms with Crippen molar-refractivity contribution in [3.05, 3.63) is 53.4 Å². The van der Waals surface area contributed by atoms with Crippen LogP contribution in [0, 0.1) is 25.2 Å². The molecule has 1 aliphatic carbocycles. The fraction of sp³-hybridized carbons (Fsp3) is 0.435. The van der Waals surface area contributed by atoms with Gasteiger partial charge >= 0.3 is 0 Å². The molecule has 1 saturated heterocycles. The van der Waals surface area contributed by atoms with Crippen molar-refractivity contribution in [1.29, 1.82) is 0 Å². The number of hydrogen-bond donors (Lipinski definition) is 1. The van der Waals surface area contributed by atoms with Crippen LogP contribution in [0.25, 0.3) is 11.0 Å². The molecule has 1 unspecified atom stereocenters. The van der Waals surface area contributed by atoms with Gasteiger partial charge in [0.05, 0.1) is 0 Å². The van der Waals surface area contributed by atoms with Crippen molar-refractivity contribution in [2.24, 2.45) is 11.3 Å². The number of rotatable bonds is 4. The lowest BCUT2D eigenvalue weighted by Crippen LogP contribution is -2.40. The van der Waals surface area contributed by atoms with Crippen LogP contribution in [-0.2, 0) is 0 Å². The second-order valence-electron chi connectivity index (χ2n) is 8.55. The van der Waals surface area contributed by atoms with Crippen LogP contribution in [0.15, 0.2) is 39.2 Å². The minimum Gasteiger partial charge on any atom is -0.451 e. The van der Waals surface area contributed by atoms with Crippen LogP contribution in [0.1, 0.15) is 52.0 Å². The van der Waals surface area contributed by atoms with E-state index in [1.807, 2.05) is 29.2 Å². The van der Waals surface area contributed by atoms with Crippen LogP contribution >= 0.6 is 0 Å². The smallest absolute Gasteiger partial charge is 0.287 e. The van der Waals surface area contributed by atoms with Gasteiger partial charge in [-0.15, -0.1) is 0 Å². The van der Waals surface area contributed by atoms with E-state index in [0.29, 0.717) is 35.6 Å². The minimum absolute atomic E-state index is 0.0467. The topological polar surface area (TPSA) is 88.6 Å². The summed E-state index contributed by atoms with van der Waals surface area (Å²) in [7, 11) is 0. The molecule has 1 atom stereocenters. The van der Waals surface area contributed by atoms with Gasteiger partial charge in [0, 0.05) is 31.9 Å². The number of para-hydroxylation sites is 1. The molecule has 30 heavy (non-hydrogen) atoms. The largest absolute Gasteiger partial charge is 0.451 e. The molecular weight excluding hydrogens is 382 g/mol. The van der Waals surface area contributed by atoms with Crippen LogP contribution in [0.4, 0.5) is 0 Å². The van der Waals surface area contributed by atoms with Gasteiger partial charge in [0.1, 0.15) is 11.3 Å². The zero-order valence-corrected chi connectivity index (χ0v) is 17.2. The van der Waals surface area contributed by atoms with E-state index in [-0.39, 0.29) is 17.2 Å². The molecular formula is C23H25N3O4. The maximum atomic E-state index is 12.7. The Morgan fingerprint density at radius 1 is 1.20 bits per heavy atom. The molecule has 1 aliphatic heterocycles. The van der Waals surface area contributed by atoms with Crippen molar-refractivity contribution in [2.45, 2.75) is 33.1 Å². The maximum Gasteiger partial charge on any atom is 0.287 e. The number of carbonyl (C=O) groups is 2. The molecule has 1 aromatic carbocycles. The SMILES string of the molecule is Cc1nc(C(=O)N2CCC3(CC2)CC3CNC(=O)c2cc3ccccc3o2)c(C)o1. The standard InChI is InChI=1S/C23H25N3O4/c1-14-20(25-15(2)29-14)22(28)26-9-7-23(8-10-26)12-17(23)13-24-21(27)19-11-16-5-3-4-6-18(16)30-19/h3-6,11,17H,7-10,12-13H2,1-2H3,(H,24,27). The molecule has 3 aromatic rings. The molecule has 7 heteroatoms. The van der Waals surface area contributed by atoms with Crippen molar-refractivity contribution < 1.29 is 18.4 Å². The molecule has 2 aliphatic rings. The van der Waals surface area contributed by atoms with E-state index < -0.39 is 0 Å². The van der Waals surface area contributed by atoms with E-state index in [0.717, 1.165) is 43.3 Å². The number of nitrogens with one attached hydrogen (secondary N) is 1. The average molecular weight is 407 g/mol. The highest BCUT2D eigenvalue weighted by atomic mass is 16.4. The lowest BCUT2D eigenvalue weighted by atomic mass is 9.90. The second kappa shape index (κ2) is 7.00. The van der Waals surface area contributed by atoms with Crippen LogP contribution in [0.5, 0.6) is 0 Å². The molecule has 2 amide bonds. The molecule has 7 nitrogen and oxygen atoms in total. The average Bonchev–Trinajstić information content (AvgIpc) is 3.07. The highest BCUT2D eigenvalue weighted by Crippen LogP contribution is 2.59. The summed E-state index contributed by atoms with van der Waals surface area (Å²) in [6, 6.07) is 9.39. The number of fused-ring (bicyclic) bond motifs is 1. The zero-order valence-electron chi connectivity index (χ0n) is 17.2. The number of hydrogen-bond acceptors (Lipinski definition) is 5. The van der Waals surface area contributed by atoms with Crippen LogP contribution in [0.2, 0.25) is 0 Å². The van der Waals surface area contributed by atoms with E-state index in [1.165, 1.54) is 0 Å². The van der Waals surface area contributed by atoms with Gasteiger partial charge in [0.2, 0.25) is 0 Å². The lowest BCUT2D eigenvalue weighted by molar-refractivity contribution is 0.0661. The van der Waals surface area contributed by atoms with Gasteiger partial charge in [-0.25, -0.2) is 4.98 Å². The van der Waals surface area contributed by atoms with Gasteiger partial charge in [0.15, 0.2) is 17.3 Å². The molecule has 2 fully saturated rings. The van der Waals surface area contributed by atoms with Crippen LogP contribution in [0.3, 0.4) is 0 Å². The molecule has 156 valence electrons. The van der Waals surface area contributed by atoms with E-state index >= 15 is 0 Å². The summed E-state index contributed by atoms with van der Waals surface area (Å²) >= 11 is 0. The zero-order chi connectivity index (χ0) is 20.9. The van der Waals surface area contributed by atoms with Crippen molar-refractivity contribution in [1.82, 2.24) is 15.2 Å². The van der Waals surface area contributed by atoms with Crippen LogP contribution < -0.4 is 5.32 Å². The molecule has 1 N–H and O–H groups in total. The normalized spacial score (nSPS) is 19.9. The summed E-state index contributed by atoms with van der Waals surface area (Å²) in [6.45, 7) is 5.62. The Morgan fingerprint density at radius 2 is 1.97 bits per heavy atom. The second-order valence-corrected chi connectivity index (χ2v) is 8.55. The molecule has 0 radical (unpaired) electrons. The minimum atomic E-state index is -0.169. The third-order valence-electron chi connectivity index (χ3n) is 6.67. The number of carbonyl (C=O) groups excluding carboxylic acids is 2. The highest BCUT2D eigenvalue weighted by molar-refractivity contribution is 5.96. The number of oxazole rings is 1. The first-order chi connectivity index (χ1) is 14.4. The third kappa shape index (κ3) is 3.28. The van der Waals surface area contributed by atoms with E-state index in [1.54, 1.807) is 19.9 Å². The van der Waals surface area contributed by atoms with Crippen molar-refractivity contribution in [2.75, 3.05) is 19.6 Å². The number of likely N-dealkylation sites (tertiary alicyclic amines) is 1. The van der Waals surface area contributed by atoms with Gasteiger partial charge in [0.25, 0.3) is 11.8 Å². The Kier molecular flexibility index (Phi) is 4.41. The Labute approximate surface area is 174 Å². The highest BCUT2D eigenvalue weighted by Gasteiger charge is 2.55. The summed E-state index contributed by atoms with van der Waals surface area (Å²) in [4.78, 5) is 31.3. The number of benzene rings is 1. The van der Waals surface area contributed by atoms with Gasteiger partial charge in [-0.3, -0.25) is 9.59 Å². The number of aromatic nitrogens is 1. The Balaban J connectivity index is 1.14. The lowest BCUT2D eigenvalue weighted by Gasteiger charge is -2.32. The molecule has 5 rings (SSSR count). The number of nitrogens with zero attached hydrogens (tertiary/aromatic N) is 2. The summed E-state index contributed by atoms with van der Waals surface area (Å²) in [5, 5.41) is 3.96. The summed E-state index contributed by atoms with van der Waals surface area (Å²) in [6.07, 6.45) is 3.01. The first-order valence-electron chi connectivity index (χ1n) is 10.5. The first kappa shape index (κ1) is 18.9. The number of furan rings is 1. The Morgan fingerprint density at radius 3 is 2.67 bits per heavy atom. The molecule has 1 saturated carbocycles. The number of aryl methyl sites for hydroxylation is 2. The molecule has 3 heterocycles. The molecule has 2 aromatic heterocycles. The van der Waals surface area contributed by atoms with Crippen molar-refractivity contribution >= 4 is 22.8 Å². The van der Waals surface area contributed by atoms with Gasteiger partial charge in [-0.1, -0.05) is 18.2 Å². The maximum absolute atomic E-state index is 12.7. The number of amides is 2. The quantitative estimate of drug-likeness (QED) is 0.712. The van der Waals surface area contributed by atoms with E-state index in [9.17, 15) is 9.59 Å². The summed E-state index contributed by atoms with van der Waals surface area (Å²) < 4.78 is 11.0. The van der Waals surface area contributed by atoms with E-state index in [2.05, 4.69) is 10.3 Å². The first-order valence-corrected chi connectivity index (χ1v) is 10.5. The predicted octanol–water partition coefficient (Wildman–Crippen LogP) is 3.71. The monoisotopic (exact) mass is 407 g/mol. The van der Waals surface area contributed by atoms with Crippen molar-refractivity contribution in [3.8, 4) is 0 Å². The fourth-order valence-electron chi connectivity index (χ4n) is 4.76. The van der Waals surface area contributed by atoms with Gasteiger partial charge in [-0.05, 0) is 49.7 Å². The van der Waals surface area contributed by atoms with E-state index in [4.69, 9.17) is 8.83 Å². The number of piperidine rings is 1. The third-order valence-corrected chi connectivity index (χ3v) is 6.67. The van der Waals surface area contributed by atoms with Gasteiger partial charge in [-0.2, -0.15) is 0 Å². The summed E-state index contributed by atoms with van der Waals surface area (Å²) in [5.41, 5.74) is 1.39. The summed E-state index contributed by atoms with van der Waals surface area (Å²) in [5.74, 6) is 1.69. The predicted molar refractivity (Wildman–Crippen MR) is 110 cm³/mol. The van der Waals surface area contributed by atoms with Crippen molar-refractivity contribution in [3.63, 3.8) is 0 Å². The van der Waals surface area contributed by atoms with Gasteiger partial charge < -0.3 is 19.1 Å². The molecule has 1 spiro atoms. The van der Waals surface area contributed by atoms with Crippen LogP contribution in [-0.4, -0.2) is 41.3 Å². The Hall–Kier alpha value is -3.09.